The molecule has 0 spiro atoms. The van der Waals surface area contributed by atoms with Gasteiger partial charge in [0.25, 0.3) is 0 Å². The van der Waals surface area contributed by atoms with E-state index < -0.39 is 11.9 Å². The number of anilines is 3. The van der Waals surface area contributed by atoms with Crippen molar-refractivity contribution < 1.29 is 19.0 Å². The zero-order valence-electron chi connectivity index (χ0n) is 18.2. The number of hydrogen-bond donors (Lipinski definition) is 4. The molecule has 10 nitrogen and oxygen atoms in total. The fourth-order valence-electron chi connectivity index (χ4n) is 4.57. The van der Waals surface area contributed by atoms with Gasteiger partial charge in [0.05, 0.1) is 37.2 Å². The summed E-state index contributed by atoms with van der Waals surface area (Å²) in [4.78, 5) is 25.3. The molecule has 2 aromatic heterocycles. The van der Waals surface area contributed by atoms with Crippen LogP contribution in [0.2, 0.25) is 5.02 Å². The molecule has 0 radical (unpaired) electrons. The van der Waals surface area contributed by atoms with Crippen LogP contribution < -0.4 is 16.4 Å². The molecule has 12 heteroatoms. The lowest BCUT2D eigenvalue weighted by Crippen LogP contribution is -2.32. The summed E-state index contributed by atoms with van der Waals surface area (Å²) in [5, 5.41) is 16.6. The minimum Gasteiger partial charge on any atom is -0.388 e. The third-order valence-corrected chi connectivity index (χ3v) is 6.67. The van der Waals surface area contributed by atoms with Crippen LogP contribution in [0.15, 0.2) is 24.4 Å². The van der Waals surface area contributed by atoms with Crippen molar-refractivity contribution in [1.29, 1.82) is 0 Å². The molecule has 34 heavy (non-hydrogen) atoms. The van der Waals surface area contributed by atoms with Crippen LogP contribution in [0.5, 0.6) is 0 Å². The fraction of sp³-hybridized carbons (Fsp3) is 0.455. The summed E-state index contributed by atoms with van der Waals surface area (Å²) in [6.07, 6.45) is 3.59. The summed E-state index contributed by atoms with van der Waals surface area (Å²) in [7, 11) is 0. The first kappa shape index (κ1) is 22.8. The van der Waals surface area contributed by atoms with E-state index >= 15 is 0 Å². The molecule has 1 amide bonds. The van der Waals surface area contributed by atoms with E-state index in [9.17, 15) is 14.3 Å². The number of hydrogen-bond acceptors (Lipinski definition) is 8. The number of nitrogens with one attached hydrogen (secondary N) is 2. The molecule has 180 valence electrons. The van der Waals surface area contributed by atoms with Gasteiger partial charge in [0.1, 0.15) is 11.3 Å². The fourth-order valence-corrected chi connectivity index (χ4v) is 4.75. The highest BCUT2D eigenvalue weighted by molar-refractivity contribution is 6.30. The van der Waals surface area contributed by atoms with Gasteiger partial charge < -0.3 is 26.2 Å². The van der Waals surface area contributed by atoms with Gasteiger partial charge in [-0.3, -0.25) is 9.36 Å². The maximum absolute atomic E-state index is 14.5. The third kappa shape index (κ3) is 4.50. The zero-order valence-corrected chi connectivity index (χ0v) is 19.0. The second-order valence-corrected chi connectivity index (χ2v) is 9.16. The number of carbonyl (C=O) groups is 1. The normalized spacial score (nSPS) is 24.9. The number of benzene rings is 1. The number of nitrogens with zero attached hydrogens (tertiary/aromatic N) is 4. The van der Waals surface area contributed by atoms with Crippen molar-refractivity contribution >= 4 is 46.3 Å². The van der Waals surface area contributed by atoms with Crippen molar-refractivity contribution in [3.05, 3.63) is 35.2 Å². The van der Waals surface area contributed by atoms with Crippen LogP contribution in [0.4, 0.5) is 22.0 Å². The van der Waals surface area contributed by atoms with Gasteiger partial charge in [-0.15, -0.1) is 0 Å². The Balaban J connectivity index is 1.52. The number of carbonyl (C=O) groups excluding carboxylic acids is 1. The summed E-state index contributed by atoms with van der Waals surface area (Å²) in [6.45, 7) is 0.597. The summed E-state index contributed by atoms with van der Waals surface area (Å²) in [5.41, 5.74) is 6.77. The largest absolute Gasteiger partial charge is 0.388 e. The molecule has 1 aliphatic heterocycles. The second kappa shape index (κ2) is 9.32. The van der Waals surface area contributed by atoms with Gasteiger partial charge in [-0.1, -0.05) is 11.6 Å². The van der Waals surface area contributed by atoms with Crippen LogP contribution in [0, 0.1) is 11.7 Å². The molecule has 3 heterocycles. The number of aliphatic hydroxyl groups is 1. The van der Waals surface area contributed by atoms with Gasteiger partial charge >= 0.3 is 0 Å². The van der Waals surface area contributed by atoms with Crippen molar-refractivity contribution in [3.8, 4) is 0 Å². The monoisotopic (exact) mass is 489 g/mol. The van der Waals surface area contributed by atoms with Crippen molar-refractivity contribution in [2.45, 2.75) is 43.9 Å². The van der Waals surface area contributed by atoms with Gasteiger partial charge in [0, 0.05) is 17.0 Å². The van der Waals surface area contributed by atoms with Gasteiger partial charge in [0.15, 0.2) is 5.65 Å². The summed E-state index contributed by atoms with van der Waals surface area (Å²) >= 11 is 6.07. The molecule has 5 N–H and O–H groups in total. The summed E-state index contributed by atoms with van der Waals surface area (Å²) < 4.78 is 21.7. The Labute approximate surface area is 199 Å². The molecule has 1 saturated carbocycles. The highest BCUT2D eigenvalue weighted by atomic mass is 35.5. The maximum Gasteiger partial charge on any atom is 0.225 e. The first-order valence-electron chi connectivity index (χ1n) is 11.2. The topological polar surface area (TPSA) is 140 Å². The molecule has 2 fully saturated rings. The number of primary amides is 1. The number of halogens is 2. The quantitative estimate of drug-likeness (QED) is 0.414. The Hall–Kier alpha value is -3.02. The van der Waals surface area contributed by atoms with E-state index in [1.165, 1.54) is 18.2 Å². The number of aromatic nitrogens is 4. The Morgan fingerprint density at radius 2 is 2.03 bits per heavy atom. The predicted molar refractivity (Wildman–Crippen MR) is 124 cm³/mol. The number of fused-ring (bicyclic) bond motifs is 1. The van der Waals surface area contributed by atoms with Crippen molar-refractivity contribution in [2.24, 2.45) is 11.7 Å². The van der Waals surface area contributed by atoms with Gasteiger partial charge in [-0.25, -0.2) is 14.4 Å². The minimum absolute atomic E-state index is 0.0338. The Kier molecular flexibility index (Phi) is 6.24. The lowest BCUT2D eigenvalue weighted by atomic mass is 9.85. The zero-order chi connectivity index (χ0) is 23.8. The average Bonchev–Trinajstić information content (AvgIpc) is 3.38. The van der Waals surface area contributed by atoms with Gasteiger partial charge in [-0.05, 0) is 43.9 Å². The first-order chi connectivity index (χ1) is 16.4. The van der Waals surface area contributed by atoms with Crippen LogP contribution in [-0.4, -0.2) is 55.9 Å². The van der Waals surface area contributed by atoms with E-state index in [0.29, 0.717) is 60.4 Å². The number of amides is 1. The number of imidazole rings is 1. The molecule has 2 unspecified atom stereocenters. The number of ether oxygens (including phenoxy) is 1. The molecule has 2 atom stereocenters. The van der Waals surface area contributed by atoms with E-state index in [4.69, 9.17) is 22.1 Å². The molecule has 5 rings (SSSR count). The van der Waals surface area contributed by atoms with Gasteiger partial charge in [0.2, 0.25) is 17.8 Å². The van der Waals surface area contributed by atoms with Crippen LogP contribution in [0.3, 0.4) is 0 Å². The first-order valence-corrected chi connectivity index (χ1v) is 11.6. The van der Waals surface area contributed by atoms with Crippen LogP contribution in [0.25, 0.3) is 11.2 Å². The second-order valence-electron chi connectivity index (χ2n) is 8.72. The highest BCUT2D eigenvalue weighted by Crippen LogP contribution is 2.37. The lowest BCUT2D eigenvalue weighted by Gasteiger charge is -2.29. The number of nitrogens with two attached hydrogens (primary N) is 1. The van der Waals surface area contributed by atoms with Gasteiger partial charge in [-0.2, -0.15) is 4.98 Å². The van der Waals surface area contributed by atoms with E-state index in [1.54, 1.807) is 6.20 Å². The van der Waals surface area contributed by atoms with Crippen LogP contribution >= 0.6 is 11.6 Å². The molecular formula is C22H25ClFN7O3. The van der Waals surface area contributed by atoms with Crippen LogP contribution in [-0.2, 0) is 9.53 Å². The van der Waals surface area contributed by atoms with Crippen molar-refractivity contribution in [2.75, 3.05) is 23.8 Å². The molecule has 1 saturated heterocycles. The molecule has 0 bridgehead atoms. The molecule has 1 aliphatic carbocycles. The van der Waals surface area contributed by atoms with Crippen molar-refractivity contribution in [1.82, 2.24) is 19.5 Å². The van der Waals surface area contributed by atoms with Crippen molar-refractivity contribution in [3.63, 3.8) is 0 Å². The summed E-state index contributed by atoms with van der Waals surface area (Å²) in [6, 6.07) is 3.89. The lowest BCUT2D eigenvalue weighted by molar-refractivity contribution is -0.122. The Morgan fingerprint density at radius 3 is 2.74 bits per heavy atom. The smallest absolute Gasteiger partial charge is 0.225 e. The standard InChI is InChI=1S/C22H25ClFN7O3/c23-12-3-6-14(24)15(7-12)28-22-29-16-8-26-21(27-17-9-34-10-18(17)32)30-20(16)31(22)13-4-1-11(2-5-13)19(25)33/h3,6-8,11,13,17-18,32H,1-2,4-5,9-10H2,(H2,25,33)(H,28,29)(H,26,27,30). The van der Waals surface area contributed by atoms with Crippen LogP contribution in [0.1, 0.15) is 31.7 Å². The Morgan fingerprint density at radius 1 is 1.24 bits per heavy atom. The van der Waals surface area contributed by atoms with E-state index in [-0.39, 0.29) is 36.2 Å². The molecule has 3 aromatic rings. The van der Waals surface area contributed by atoms with E-state index in [1.807, 2.05) is 4.57 Å². The minimum atomic E-state index is -0.656. The Bertz CT molecular complexity index is 1210. The molecular weight excluding hydrogens is 465 g/mol. The molecule has 2 aliphatic rings. The molecule has 1 aromatic carbocycles. The average molecular weight is 490 g/mol. The maximum atomic E-state index is 14.5. The third-order valence-electron chi connectivity index (χ3n) is 6.44. The summed E-state index contributed by atoms with van der Waals surface area (Å²) in [5.74, 6) is -0.198. The number of rotatable bonds is 6. The van der Waals surface area contributed by atoms with E-state index in [2.05, 4.69) is 25.6 Å². The SMILES string of the molecule is NC(=O)C1CCC(n2c(Nc3cc(Cl)ccc3F)nc3cnc(NC4COCC4O)nc32)CC1. The number of aliphatic hydroxyl groups excluding tert-OH is 1. The van der Waals surface area contributed by atoms with E-state index in [0.717, 1.165) is 0 Å². The highest BCUT2D eigenvalue weighted by Gasteiger charge is 2.30. The predicted octanol–water partition coefficient (Wildman–Crippen LogP) is 2.75.